The van der Waals surface area contributed by atoms with Crippen LogP contribution in [0.4, 0.5) is 0 Å². The van der Waals surface area contributed by atoms with Crippen LogP contribution in [0.25, 0.3) is 0 Å². The summed E-state index contributed by atoms with van der Waals surface area (Å²) < 4.78 is 0. The van der Waals surface area contributed by atoms with Crippen molar-refractivity contribution in [3.05, 3.63) is 115 Å². The fourth-order valence-electron chi connectivity index (χ4n) is 5.40. The Morgan fingerprint density at radius 1 is 0.632 bits per heavy atom. The molecule has 2 nitrogen and oxygen atoms in total. The van der Waals surface area contributed by atoms with Crippen molar-refractivity contribution < 1.29 is 9.59 Å². The molecule has 0 aliphatic heterocycles. The van der Waals surface area contributed by atoms with E-state index in [1.165, 1.54) is 66.3 Å². The van der Waals surface area contributed by atoms with E-state index in [-0.39, 0.29) is 11.6 Å². The number of hydrogen-bond acceptors (Lipinski definition) is 2. The molecule has 0 aliphatic carbocycles. The Balaban J connectivity index is 1.49. The number of carbonyl (C=O) groups excluding carboxylic acids is 2. The third-order valence-corrected chi connectivity index (χ3v) is 12.5. The van der Waals surface area contributed by atoms with Gasteiger partial charge in [-0.2, -0.15) is 0 Å². The van der Waals surface area contributed by atoms with Crippen molar-refractivity contribution in [3.8, 4) is 0 Å². The van der Waals surface area contributed by atoms with E-state index in [4.69, 9.17) is 0 Å². The predicted octanol–water partition coefficient (Wildman–Crippen LogP) is 7.49. The van der Waals surface area contributed by atoms with Gasteiger partial charge in [0.05, 0.1) is 0 Å². The summed E-state index contributed by atoms with van der Waals surface area (Å²) in [6.45, 7) is 5.14. The molecule has 3 heteroatoms. The van der Waals surface area contributed by atoms with Crippen molar-refractivity contribution in [1.29, 1.82) is 0 Å². The van der Waals surface area contributed by atoms with Gasteiger partial charge < -0.3 is 0 Å². The molecule has 3 aromatic rings. The number of rotatable bonds is 17. The van der Waals surface area contributed by atoms with Gasteiger partial charge in [-0.15, -0.1) is 0 Å². The molecule has 38 heavy (non-hydrogen) atoms. The molecule has 0 spiro atoms. The quantitative estimate of drug-likeness (QED) is 0.104. The monoisotopic (exact) mass is 526 g/mol. The zero-order chi connectivity index (χ0) is 27.1. The first-order chi connectivity index (χ1) is 18.6. The maximum atomic E-state index is 12.0. The second-order valence-electron chi connectivity index (χ2n) is 10.2. The van der Waals surface area contributed by atoms with Crippen LogP contribution in [0.5, 0.6) is 0 Å². The van der Waals surface area contributed by atoms with Crippen molar-refractivity contribution in [2.75, 3.05) is 6.16 Å². The number of benzene rings is 3. The molecule has 0 saturated carbocycles. The summed E-state index contributed by atoms with van der Waals surface area (Å²) in [6, 6.07) is 33.5. The Bertz CT molecular complexity index is 1070. The van der Waals surface area contributed by atoms with Crippen molar-refractivity contribution in [1.82, 2.24) is 0 Å². The van der Waals surface area contributed by atoms with Crippen LogP contribution in [0.2, 0.25) is 0 Å². The van der Waals surface area contributed by atoms with Gasteiger partial charge >= 0.3 is 195 Å². The third-order valence-electron chi connectivity index (χ3n) is 7.48. The first kappa shape index (κ1) is 29.5. The van der Waals surface area contributed by atoms with Crippen molar-refractivity contribution in [3.63, 3.8) is 0 Å². The molecule has 3 aromatic carbocycles. The molecule has 0 heterocycles. The van der Waals surface area contributed by atoms with Gasteiger partial charge in [-0.1, -0.05) is 6.58 Å². The van der Waals surface area contributed by atoms with Gasteiger partial charge in [-0.05, 0) is 18.6 Å². The molecule has 3 rings (SSSR count). The molecule has 0 bridgehead atoms. The first-order valence-electron chi connectivity index (χ1n) is 14.1. The van der Waals surface area contributed by atoms with Crippen LogP contribution < -0.4 is 15.9 Å². The van der Waals surface area contributed by atoms with Crippen LogP contribution in [0.1, 0.15) is 64.7 Å². The average molecular weight is 527 g/mol. The fraction of sp³-hybridized carbons (Fsp3) is 0.314. The molecular formula is C35H43O2P. The van der Waals surface area contributed by atoms with E-state index >= 15 is 0 Å². The summed E-state index contributed by atoms with van der Waals surface area (Å²) >= 11 is 0. The van der Waals surface area contributed by atoms with Crippen LogP contribution in [0, 0.1) is 0 Å². The van der Waals surface area contributed by atoms with Gasteiger partial charge in [-0.3, -0.25) is 4.79 Å². The van der Waals surface area contributed by atoms with Crippen LogP contribution in [-0.2, 0) is 9.59 Å². The SMILES string of the molecule is C=CC(=O)/C(C)=C\C(=O)CCCCCCCCCC[PH](c1ccccc1)(c1ccccc1)c1ccccc1. The fourth-order valence-corrected chi connectivity index (χ4v) is 10.3. The summed E-state index contributed by atoms with van der Waals surface area (Å²) in [7, 11) is -2.11. The molecule has 0 saturated heterocycles. The van der Waals surface area contributed by atoms with Gasteiger partial charge in [0, 0.05) is 0 Å². The summed E-state index contributed by atoms with van der Waals surface area (Å²) in [5, 5.41) is 4.47. The van der Waals surface area contributed by atoms with E-state index in [0.717, 1.165) is 19.3 Å². The van der Waals surface area contributed by atoms with E-state index in [1.807, 2.05) is 0 Å². The molecule has 0 amide bonds. The minimum atomic E-state index is -2.11. The first-order valence-corrected chi connectivity index (χ1v) is 16.3. The van der Waals surface area contributed by atoms with E-state index in [9.17, 15) is 9.59 Å². The molecular weight excluding hydrogens is 483 g/mol. The Hall–Kier alpha value is -3.09. The third kappa shape index (κ3) is 8.47. The van der Waals surface area contributed by atoms with E-state index in [2.05, 4.69) is 97.6 Å². The van der Waals surface area contributed by atoms with Crippen LogP contribution >= 0.6 is 7.26 Å². The van der Waals surface area contributed by atoms with Crippen LogP contribution in [-0.4, -0.2) is 17.7 Å². The van der Waals surface area contributed by atoms with E-state index in [0.29, 0.717) is 12.0 Å². The second-order valence-corrected chi connectivity index (χ2v) is 14.2. The molecule has 200 valence electrons. The Labute approximate surface area is 230 Å². The van der Waals surface area contributed by atoms with Crippen molar-refractivity contribution in [2.24, 2.45) is 0 Å². The standard InChI is InChI=1S/C35H43O2P/c1-3-35(37)30(2)29-31(36)21-13-8-6-4-5-7-9-20-28-38(32-22-14-10-15-23-32,33-24-16-11-17-25-33)34-26-18-12-19-27-34/h3,10-12,14-19,22-27,29,38H,1,4-9,13,20-21,28H2,2H3/b30-29-. The van der Waals surface area contributed by atoms with Gasteiger partial charge in [0.2, 0.25) is 0 Å². The van der Waals surface area contributed by atoms with Gasteiger partial charge in [-0.25, -0.2) is 0 Å². The molecule has 0 aromatic heterocycles. The number of hydrogen-bond donors (Lipinski definition) is 0. The van der Waals surface area contributed by atoms with E-state index < -0.39 is 7.26 Å². The Morgan fingerprint density at radius 3 is 1.45 bits per heavy atom. The minimum absolute atomic E-state index is 0.0422. The van der Waals surface area contributed by atoms with Gasteiger partial charge in [0.15, 0.2) is 5.78 Å². The molecule has 0 unspecified atom stereocenters. The zero-order valence-electron chi connectivity index (χ0n) is 22.9. The topological polar surface area (TPSA) is 34.1 Å². The Morgan fingerprint density at radius 2 is 1.03 bits per heavy atom. The van der Waals surface area contributed by atoms with Crippen LogP contribution in [0.3, 0.4) is 0 Å². The number of unbranched alkanes of at least 4 members (excludes halogenated alkanes) is 7. The van der Waals surface area contributed by atoms with Crippen LogP contribution in [0.15, 0.2) is 115 Å². The zero-order valence-corrected chi connectivity index (χ0v) is 23.9. The summed E-state index contributed by atoms with van der Waals surface area (Å²) in [6.07, 6.45) is 13.8. The maximum absolute atomic E-state index is 12.0. The molecule has 0 fully saturated rings. The normalized spacial score (nSPS) is 12.2. The number of ketones is 2. The van der Waals surface area contributed by atoms with Gasteiger partial charge in [0.1, 0.15) is 0 Å². The Kier molecular flexibility index (Phi) is 12.4. The van der Waals surface area contributed by atoms with E-state index in [1.54, 1.807) is 6.92 Å². The number of allylic oxidation sites excluding steroid dienone is 3. The van der Waals surface area contributed by atoms with Gasteiger partial charge in [0.25, 0.3) is 0 Å². The van der Waals surface area contributed by atoms with Crippen molar-refractivity contribution >= 4 is 34.7 Å². The average Bonchev–Trinajstić information content (AvgIpc) is 2.97. The predicted molar refractivity (Wildman–Crippen MR) is 167 cm³/mol. The summed E-state index contributed by atoms with van der Waals surface area (Å²) in [5.41, 5.74) is 0.476. The summed E-state index contributed by atoms with van der Waals surface area (Å²) in [5.74, 6) is -0.129. The number of carbonyl (C=O) groups is 2. The molecule has 0 N–H and O–H groups in total. The molecule has 0 atom stereocenters. The second kappa shape index (κ2) is 16.0. The molecule has 0 radical (unpaired) electrons. The van der Waals surface area contributed by atoms with Crippen molar-refractivity contribution in [2.45, 2.75) is 64.7 Å². The molecule has 0 aliphatic rings. The summed E-state index contributed by atoms with van der Waals surface area (Å²) in [4.78, 5) is 23.5.